The van der Waals surface area contributed by atoms with Crippen molar-refractivity contribution in [3.05, 3.63) is 39.8 Å². The van der Waals surface area contributed by atoms with E-state index in [4.69, 9.17) is 11.5 Å². The van der Waals surface area contributed by atoms with Crippen molar-refractivity contribution in [2.24, 2.45) is 11.5 Å². The van der Waals surface area contributed by atoms with Crippen molar-refractivity contribution >= 4 is 21.8 Å². The Balaban J connectivity index is 2.83. The second kappa shape index (κ2) is 9.16. The maximum absolute atomic E-state index is 12.1. The number of likely N-dealkylation sites (N-methyl/N-ethyl adjacent to an activating group) is 1. The van der Waals surface area contributed by atoms with Crippen LogP contribution in [0.15, 0.2) is 34.2 Å². The van der Waals surface area contributed by atoms with E-state index in [0.29, 0.717) is 30.7 Å². The minimum absolute atomic E-state index is 0.160. The SMILES string of the molecule is CCNC(=O)/C(NCc1ccc(O)c(Br)c1)=C(/N)NCCN. The predicted molar refractivity (Wildman–Crippen MR) is 89.6 cm³/mol. The summed E-state index contributed by atoms with van der Waals surface area (Å²) in [4.78, 5) is 12.1. The normalized spacial score (nSPS) is 11.6. The summed E-state index contributed by atoms with van der Waals surface area (Å²) in [5.74, 6) is 0.115. The summed E-state index contributed by atoms with van der Waals surface area (Å²) in [7, 11) is 0. The molecule has 1 rings (SSSR count). The Morgan fingerprint density at radius 1 is 1.32 bits per heavy atom. The number of carbonyl (C=O) groups is 1. The van der Waals surface area contributed by atoms with Crippen LogP contribution in [0.3, 0.4) is 0 Å². The van der Waals surface area contributed by atoms with Crippen molar-refractivity contribution in [2.75, 3.05) is 19.6 Å². The highest BCUT2D eigenvalue weighted by Gasteiger charge is 2.13. The molecule has 0 unspecified atom stereocenters. The van der Waals surface area contributed by atoms with Crippen molar-refractivity contribution in [3.63, 3.8) is 0 Å². The van der Waals surface area contributed by atoms with Gasteiger partial charge in [0.15, 0.2) is 0 Å². The van der Waals surface area contributed by atoms with Crippen molar-refractivity contribution < 1.29 is 9.90 Å². The Kier molecular flexibility index (Phi) is 7.55. The summed E-state index contributed by atoms with van der Waals surface area (Å²) >= 11 is 3.25. The Bertz CT molecular complexity index is 548. The molecule has 7 nitrogen and oxygen atoms in total. The highest BCUT2D eigenvalue weighted by atomic mass is 79.9. The third-order valence-electron chi connectivity index (χ3n) is 2.77. The Morgan fingerprint density at radius 2 is 2.05 bits per heavy atom. The van der Waals surface area contributed by atoms with E-state index in [1.165, 1.54) is 0 Å². The number of nitrogens with two attached hydrogens (primary N) is 2. The lowest BCUT2D eigenvalue weighted by atomic mass is 10.2. The zero-order valence-corrected chi connectivity index (χ0v) is 14.0. The molecule has 1 aromatic rings. The van der Waals surface area contributed by atoms with Crippen molar-refractivity contribution in [1.82, 2.24) is 16.0 Å². The molecule has 0 aliphatic carbocycles. The lowest BCUT2D eigenvalue weighted by molar-refractivity contribution is -0.117. The van der Waals surface area contributed by atoms with E-state index in [1.807, 2.05) is 6.92 Å². The van der Waals surface area contributed by atoms with Crippen LogP contribution in [0.2, 0.25) is 0 Å². The van der Waals surface area contributed by atoms with Crippen LogP contribution < -0.4 is 27.4 Å². The zero-order valence-electron chi connectivity index (χ0n) is 12.4. The summed E-state index contributed by atoms with van der Waals surface area (Å²) in [6.45, 7) is 3.60. The van der Waals surface area contributed by atoms with Gasteiger partial charge in [-0.3, -0.25) is 4.79 Å². The number of nitrogens with one attached hydrogen (secondary N) is 3. The molecule has 8 N–H and O–H groups in total. The quantitative estimate of drug-likeness (QED) is 0.359. The summed E-state index contributed by atoms with van der Waals surface area (Å²) in [6, 6.07) is 5.10. The molecule has 1 aromatic carbocycles. The standard InChI is InChI=1S/C14H22BrN5O2/c1-2-18-14(22)12(13(17)19-6-5-16)20-8-9-3-4-11(21)10(15)7-9/h3-4,7,19-21H,2,5-6,8,16-17H2,1H3,(H,18,22)/b13-12+. The van der Waals surface area contributed by atoms with Gasteiger partial charge in [0.1, 0.15) is 17.3 Å². The maximum atomic E-state index is 12.1. The van der Waals surface area contributed by atoms with Crippen molar-refractivity contribution in [3.8, 4) is 5.75 Å². The molecule has 122 valence electrons. The number of halogens is 1. The van der Waals surface area contributed by atoms with E-state index in [-0.39, 0.29) is 23.2 Å². The van der Waals surface area contributed by atoms with Gasteiger partial charge in [-0.2, -0.15) is 0 Å². The Morgan fingerprint density at radius 3 is 2.64 bits per heavy atom. The molecule has 0 heterocycles. The first-order valence-electron chi connectivity index (χ1n) is 6.92. The molecule has 0 fully saturated rings. The van der Waals surface area contributed by atoms with Gasteiger partial charge in [0.05, 0.1) is 4.47 Å². The number of rotatable bonds is 8. The average Bonchev–Trinajstić information content (AvgIpc) is 2.49. The third-order valence-corrected chi connectivity index (χ3v) is 3.41. The zero-order chi connectivity index (χ0) is 16.5. The molecule has 0 atom stereocenters. The molecular weight excluding hydrogens is 350 g/mol. The molecule has 0 aromatic heterocycles. The number of benzene rings is 1. The van der Waals surface area contributed by atoms with E-state index in [0.717, 1.165) is 5.56 Å². The van der Waals surface area contributed by atoms with Crippen molar-refractivity contribution in [1.29, 1.82) is 0 Å². The summed E-state index contributed by atoms with van der Waals surface area (Å²) in [5, 5.41) is 18.1. The van der Waals surface area contributed by atoms with Crippen molar-refractivity contribution in [2.45, 2.75) is 13.5 Å². The predicted octanol–water partition coefficient (Wildman–Crippen LogP) is 0.0565. The van der Waals surface area contributed by atoms with Crippen LogP contribution in [0, 0.1) is 0 Å². The summed E-state index contributed by atoms with van der Waals surface area (Å²) < 4.78 is 0.588. The second-order valence-corrected chi connectivity index (χ2v) is 5.36. The van der Waals surface area contributed by atoms with E-state index in [1.54, 1.807) is 18.2 Å². The third kappa shape index (κ3) is 5.45. The van der Waals surface area contributed by atoms with E-state index in [2.05, 4.69) is 31.9 Å². The molecule has 1 amide bonds. The maximum Gasteiger partial charge on any atom is 0.271 e. The molecule has 0 spiro atoms. The highest BCUT2D eigenvalue weighted by Crippen LogP contribution is 2.24. The van der Waals surface area contributed by atoms with Crippen LogP contribution in [-0.4, -0.2) is 30.6 Å². The van der Waals surface area contributed by atoms with E-state index >= 15 is 0 Å². The minimum Gasteiger partial charge on any atom is -0.507 e. The molecule has 0 aliphatic heterocycles. The Labute approximate surface area is 138 Å². The van der Waals surface area contributed by atoms with Crippen LogP contribution in [0.4, 0.5) is 0 Å². The lowest BCUT2D eigenvalue weighted by Crippen LogP contribution is -2.38. The number of hydrogen-bond acceptors (Lipinski definition) is 6. The molecule has 8 heteroatoms. The van der Waals surface area contributed by atoms with Gasteiger partial charge in [-0.1, -0.05) is 6.07 Å². The van der Waals surface area contributed by atoms with E-state index < -0.39 is 0 Å². The fraction of sp³-hybridized carbons (Fsp3) is 0.357. The van der Waals surface area contributed by atoms with Gasteiger partial charge in [-0.15, -0.1) is 0 Å². The van der Waals surface area contributed by atoms with Crippen LogP contribution in [-0.2, 0) is 11.3 Å². The van der Waals surface area contributed by atoms with Gasteiger partial charge in [-0.05, 0) is 40.5 Å². The fourth-order valence-electron chi connectivity index (χ4n) is 1.69. The number of aromatic hydroxyl groups is 1. The molecule has 0 radical (unpaired) electrons. The van der Waals surface area contributed by atoms with E-state index in [9.17, 15) is 9.90 Å². The molecule has 0 saturated carbocycles. The van der Waals surface area contributed by atoms with Crippen LogP contribution >= 0.6 is 15.9 Å². The number of amides is 1. The minimum atomic E-state index is -0.289. The first-order valence-corrected chi connectivity index (χ1v) is 7.72. The van der Waals surface area contributed by atoms with Gasteiger partial charge in [0.2, 0.25) is 0 Å². The molecule has 22 heavy (non-hydrogen) atoms. The smallest absolute Gasteiger partial charge is 0.271 e. The monoisotopic (exact) mass is 371 g/mol. The molecule has 0 bridgehead atoms. The summed E-state index contributed by atoms with van der Waals surface area (Å²) in [6.07, 6.45) is 0. The molecule has 0 saturated heterocycles. The second-order valence-electron chi connectivity index (χ2n) is 4.50. The fourth-order valence-corrected chi connectivity index (χ4v) is 2.12. The number of hydrogen-bond donors (Lipinski definition) is 6. The van der Waals surface area contributed by atoms with Crippen LogP contribution in [0.5, 0.6) is 5.75 Å². The number of phenols is 1. The summed E-state index contributed by atoms with van der Waals surface area (Å²) in [5.41, 5.74) is 12.5. The van der Waals surface area contributed by atoms with Gasteiger partial charge in [0, 0.05) is 26.2 Å². The van der Waals surface area contributed by atoms with Crippen LogP contribution in [0.1, 0.15) is 12.5 Å². The molecule has 0 aliphatic rings. The van der Waals surface area contributed by atoms with Gasteiger partial charge < -0.3 is 32.5 Å². The topological polar surface area (TPSA) is 125 Å². The highest BCUT2D eigenvalue weighted by molar-refractivity contribution is 9.10. The first kappa shape index (κ1) is 18.1. The van der Waals surface area contributed by atoms with Gasteiger partial charge in [0.25, 0.3) is 5.91 Å². The average molecular weight is 372 g/mol. The molecular formula is C14H22BrN5O2. The van der Waals surface area contributed by atoms with Gasteiger partial charge in [-0.25, -0.2) is 0 Å². The van der Waals surface area contributed by atoms with Gasteiger partial charge >= 0.3 is 0 Å². The largest absolute Gasteiger partial charge is 0.507 e. The lowest BCUT2D eigenvalue weighted by Gasteiger charge is -2.15. The number of carbonyl (C=O) groups excluding carboxylic acids is 1. The first-order chi connectivity index (χ1) is 10.5. The van der Waals surface area contributed by atoms with Crippen LogP contribution in [0.25, 0.3) is 0 Å². The Hall–Kier alpha value is -1.93. The number of phenolic OH excluding ortho intramolecular Hbond substituents is 1.